The third-order valence-corrected chi connectivity index (χ3v) is 2.34. The molecule has 0 aromatic heterocycles. The standard InChI is InChI=1S/C11H15NOS/c1-9(12)11(14)13-8-7-10-5-3-2-4-6-10/h2-6,9H,7-8,12H2,1H3. The molecule has 0 heterocycles. The van der Waals surface area contributed by atoms with E-state index in [0.29, 0.717) is 11.7 Å². The first-order chi connectivity index (χ1) is 6.70. The molecule has 1 aromatic carbocycles. The van der Waals surface area contributed by atoms with Crippen molar-refractivity contribution in [2.45, 2.75) is 19.4 Å². The van der Waals surface area contributed by atoms with Crippen LogP contribution in [0.25, 0.3) is 0 Å². The quantitative estimate of drug-likeness (QED) is 0.769. The van der Waals surface area contributed by atoms with E-state index in [1.807, 2.05) is 25.1 Å². The second-order valence-electron chi connectivity index (χ2n) is 3.19. The van der Waals surface area contributed by atoms with Crippen molar-refractivity contribution >= 4 is 17.3 Å². The first-order valence-corrected chi connectivity index (χ1v) is 5.07. The molecule has 1 rings (SSSR count). The molecule has 14 heavy (non-hydrogen) atoms. The third kappa shape index (κ3) is 3.85. The summed E-state index contributed by atoms with van der Waals surface area (Å²) in [5.74, 6) is 0. The predicted octanol–water partition coefficient (Wildman–Crippen LogP) is 1.92. The zero-order valence-electron chi connectivity index (χ0n) is 8.27. The Bertz CT molecular complexity index is 285. The molecule has 76 valence electrons. The van der Waals surface area contributed by atoms with Crippen molar-refractivity contribution in [3.05, 3.63) is 35.9 Å². The average molecular weight is 209 g/mol. The van der Waals surface area contributed by atoms with Crippen LogP contribution in [0, 0.1) is 0 Å². The number of nitrogens with two attached hydrogens (primary N) is 1. The lowest BCUT2D eigenvalue weighted by Crippen LogP contribution is -2.27. The molecule has 1 aromatic rings. The minimum atomic E-state index is -0.166. The van der Waals surface area contributed by atoms with Crippen LogP contribution in [0.4, 0.5) is 0 Å². The molecule has 0 bridgehead atoms. The number of hydrogen-bond donors (Lipinski definition) is 1. The molecule has 1 unspecified atom stereocenters. The van der Waals surface area contributed by atoms with Crippen molar-refractivity contribution in [2.24, 2.45) is 5.73 Å². The summed E-state index contributed by atoms with van der Waals surface area (Å²) in [7, 11) is 0. The molecule has 1 atom stereocenters. The Kier molecular flexibility index (Phi) is 4.56. The fraction of sp³-hybridized carbons (Fsp3) is 0.364. The van der Waals surface area contributed by atoms with Gasteiger partial charge in [0.25, 0.3) is 0 Å². The molecule has 0 saturated heterocycles. The van der Waals surface area contributed by atoms with E-state index in [4.69, 9.17) is 22.7 Å². The summed E-state index contributed by atoms with van der Waals surface area (Å²) in [4.78, 5) is 0. The van der Waals surface area contributed by atoms with Gasteiger partial charge in [-0.25, -0.2) is 0 Å². The van der Waals surface area contributed by atoms with Gasteiger partial charge in [-0.15, -0.1) is 0 Å². The van der Waals surface area contributed by atoms with Gasteiger partial charge < -0.3 is 10.5 Å². The molecular formula is C11H15NOS. The van der Waals surface area contributed by atoms with E-state index in [0.717, 1.165) is 6.42 Å². The van der Waals surface area contributed by atoms with E-state index in [1.165, 1.54) is 5.56 Å². The number of hydrogen-bond acceptors (Lipinski definition) is 3. The molecule has 2 N–H and O–H groups in total. The van der Waals surface area contributed by atoms with Crippen molar-refractivity contribution in [1.29, 1.82) is 0 Å². The lowest BCUT2D eigenvalue weighted by Gasteiger charge is -2.09. The van der Waals surface area contributed by atoms with Crippen LogP contribution in [0.1, 0.15) is 12.5 Å². The lowest BCUT2D eigenvalue weighted by atomic mass is 10.2. The predicted molar refractivity (Wildman–Crippen MR) is 62.3 cm³/mol. The van der Waals surface area contributed by atoms with Gasteiger partial charge in [-0.1, -0.05) is 30.3 Å². The van der Waals surface area contributed by atoms with Crippen LogP contribution >= 0.6 is 12.2 Å². The van der Waals surface area contributed by atoms with Crippen molar-refractivity contribution in [3.63, 3.8) is 0 Å². The van der Waals surface area contributed by atoms with Gasteiger partial charge in [0, 0.05) is 6.42 Å². The van der Waals surface area contributed by atoms with E-state index < -0.39 is 0 Å². The van der Waals surface area contributed by atoms with Crippen LogP contribution in [0.15, 0.2) is 30.3 Å². The molecular weight excluding hydrogens is 194 g/mol. The minimum Gasteiger partial charge on any atom is -0.485 e. The molecule has 2 nitrogen and oxygen atoms in total. The van der Waals surface area contributed by atoms with E-state index in [-0.39, 0.29) is 6.04 Å². The Morgan fingerprint density at radius 1 is 1.43 bits per heavy atom. The van der Waals surface area contributed by atoms with E-state index in [1.54, 1.807) is 0 Å². The van der Waals surface area contributed by atoms with Crippen molar-refractivity contribution in [1.82, 2.24) is 0 Å². The highest BCUT2D eigenvalue weighted by atomic mass is 32.1. The summed E-state index contributed by atoms with van der Waals surface area (Å²) < 4.78 is 5.31. The molecule has 0 radical (unpaired) electrons. The summed E-state index contributed by atoms with van der Waals surface area (Å²) in [5, 5.41) is 0.487. The highest BCUT2D eigenvalue weighted by molar-refractivity contribution is 7.80. The van der Waals surface area contributed by atoms with Crippen LogP contribution in [0.3, 0.4) is 0 Å². The van der Waals surface area contributed by atoms with Gasteiger partial charge in [0.2, 0.25) is 0 Å². The SMILES string of the molecule is CC(N)C(=S)OCCc1ccccc1. The van der Waals surface area contributed by atoms with E-state index >= 15 is 0 Å². The number of thiocarbonyl (C=S) groups is 1. The van der Waals surface area contributed by atoms with Crippen molar-refractivity contribution in [2.75, 3.05) is 6.61 Å². The highest BCUT2D eigenvalue weighted by Crippen LogP contribution is 2.00. The normalized spacial score (nSPS) is 12.1. The van der Waals surface area contributed by atoms with Crippen LogP contribution in [-0.2, 0) is 11.2 Å². The van der Waals surface area contributed by atoms with Gasteiger partial charge in [0.1, 0.15) is 0 Å². The maximum absolute atomic E-state index is 5.55. The maximum Gasteiger partial charge on any atom is 0.176 e. The Balaban J connectivity index is 2.26. The smallest absolute Gasteiger partial charge is 0.176 e. The Labute approximate surface area is 90.1 Å². The van der Waals surface area contributed by atoms with Crippen LogP contribution in [0.5, 0.6) is 0 Å². The van der Waals surface area contributed by atoms with E-state index in [2.05, 4.69) is 12.1 Å². The molecule has 0 spiro atoms. The molecule has 0 aliphatic heterocycles. The zero-order chi connectivity index (χ0) is 10.4. The second kappa shape index (κ2) is 5.73. The summed E-state index contributed by atoms with van der Waals surface area (Å²) >= 11 is 4.95. The minimum absolute atomic E-state index is 0.166. The van der Waals surface area contributed by atoms with Crippen LogP contribution < -0.4 is 5.73 Å². The summed E-state index contributed by atoms with van der Waals surface area (Å²) in [6.45, 7) is 2.43. The van der Waals surface area contributed by atoms with E-state index in [9.17, 15) is 0 Å². The molecule has 0 aliphatic carbocycles. The number of rotatable bonds is 4. The summed E-state index contributed by atoms with van der Waals surface area (Å²) in [6.07, 6.45) is 0.869. The topological polar surface area (TPSA) is 35.2 Å². The third-order valence-electron chi connectivity index (χ3n) is 1.85. The molecule has 0 fully saturated rings. The zero-order valence-corrected chi connectivity index (χ0v) is 9.09. The first-order valence-electron chi connectivity index (χ1n) is 4.66. The molecule has 0 saturated carbocycles. The molecule has 0 aliphatic rings. The van der Waals surface area contributed by atoms with Gasteiger partial charge >= 0.3 is 0 Å². The fourth-order valence-electron chi connectivity index (χ4n) is 1.05. The summed E-state index contributed by atoms with van der Waals surface area (Å²) in [6, 6.07) is 9.99. The number of ether oxygens (including phenoxy) is 1. The summed E-state index contributed by atoms with van der Waals surface area (Å²) in [5.41, 5.74) is 6.80. The van der Waals surface area contributed by atoms with Crippen LogP contribution in [0.2, 0.25) is 0 Å². The van der Waals surface area contributed by atoms with Crippen LogP contribution in [-0.4, -0.2) is 17.7 Å². The first kappa shape index (κ1) is 11.1. The largest absolute Gasteiger partial charge is 0.485 e. The van der Waals surface area contributed by atoms with Gasteiger partial charge in [0.15, 0.2) is 5.05 Å². The maximum atomic E-state index is 5.55. The average Bonchev–Trinajstić information content (AvgIpc) is 2.19. The van der Waals surface area contributed by atoms with Gasteiger partial charge in [0.05, 0.1) is 12.6 Å². The van der Waals surface area contributed by atoms with Gasteiger partial charge in [-0.3, -0.25) is 0 Å². The lowest BCUT2D eigenvalue weighted by molar-refractivity contribution is 0.305. The fourth-order valence-corrected chi connectivity index (χ4v) is 1.13. The Morgan fingerprint density at radius 2 is 2.07 bits per heavy atom. The number of benzene rings is 1. The molecule has 0 amide bonds. The van der Waals surface area contributed by atoms with Gasteiger partial charge in [-0.2, -0.15) is 0 Å². The Morgan fingerprint density at radius 3 is 2.64 bits per heavy atom. The Hall–Kier alpha value is -0.930. The molecule has 3 heteroatoms. The highest BCUT2D eigenvalue weighted by Gasteiger charge is 2.02. The van der Waals surface area contributed by atoms with Crippen molar-refractivity contribution in [3.8, 4) is 0 Å². The monoisotopic (exact) mass is 209 g/mol. The second-order valence-corrected chi connectivity index (χ2v) is 3.59. The van der Waals surface area contributed by atoms with Gasteiger partial charge in [-0.05, 0) is 24.7 Å². The van der Waals surface area contributed by atoms with Crippen molar-refractivity contribution < 1.29 is 4.74 Å².